The molecule has 2 aliphatic rings. The van der Waals surface area contributed by atoms with E-state index in [1.807, 2.05) is 30.3 Å². The first kappa shape index (κ1) is 21.0. The van der Waals surface area contributed by atoms with Crippen LogP contribution in [0.1, 0.15) is 30.7 Å². The van der Waals surface area contributed by atoms with E-state index in [2.05, 4.69) is 22.2 Å². The Kier molecular flexibility index (Phi) is 5.85. The highest BCUT2D eigenvalue weighted by atomic mass is 16.5. The van der Waals surface area contributed by atoms with Gasteiger partial charge in [0.25, 0.3) is 0 Å². The van der Waals surface area contributed by atoms with Crippen molar-refractivity contribution in [2.75, 3.05) is 46.4 Å². The molecule has 7 heteroatoms. The molecule has 32 heavy (non-hydrogen) atoms. The molecule has 2 amide bonds. The van der Waals surface area contributed by atoms with Crippen LogP contribution in [0.3, 0.4) is 0 Å². The fourth-order valence-corrected chi connectivity index (χ4v) is 4.76. The van der Waals surface area contributed by atoms with Gasteiger partial charge in [-0.25, -0.2) is 0 Å². The van der Waals surface area contributed by atoms with E-state index in [0.29, 0.717) is 19.4 Å². The minimum Gasteiger partial charge on any atom is -0.494 e. The van der Waals surface area contributed by atoms with E-state index in [-0.39, 0.29) is 17.7 Å². The van der Waals surface area contributed by atoms with Gasteiger partial charge in [-0.1, -0.05) is 6.07 Å². The van der Waals surface area contributed by atoms with Crippen molar-refractivity contribution in [3.8, 4) is 5.75 Å². The fraction of sp³-hybridized carbons (Fsp3) is 0.440. The second kappa shape index (κ2) is 8.92. The van der Waals surface area contributed by atoms with E-state index in [1.54, 1.807) is 6.26 Å². The topological polar surface area (TPSA) is 75.0 Å². The smallest absolute Gasteiger partial charge is 0.234 e. The van der Waals surface area contributed by atoms with E-state index in [0.717, 1.165) is 72.2 Å². The Morgan fingerprint density at radius 1 is 1.12 bits per heavy atom. The first-order valence-electron chi connectivity index (χ1n) is 11.4. The third-order valence-corrected chi connectivity index (χ3v) is 6.65. The maximum Gasteiger partial charge on any atom is 0.234 e. The average Bonchev–Trinajstić information content (AvgIpc) is 3.22. The molecule has 0 spiro atoms. The summed E-state index contributed by atoms with van der Waals surface area (Å²) in [6.45, 7) is 6.27. The molecule has 0 aliphatic carbocycles. The van der Waals surface area contributed by atoms with Crippen LogP contribution in [0.25, 0.3) is 21.7 Å². The molecule has 2 aromatic carbocycles. The third kappa shape index (κ3) is 4.23. The van der Waals surface area contributed by atoms with Gasteiger partial charge in [-0.15, -0.1) is 0 Å². The standard InChI is InChI=1S/C25H29N3O4/c1-27-10-12-28(13-11-27)9-2-14-31-18-4-5-19-17(15-18)3-7-22-24(19)21(16-32-22)20-6-8-23(29)26-25(20)30/h3-5,7,15-16,20H,2,6,8-14H2,1H3,(H,26,29,30)/t20-/m0/s1. The number of nitrogens with zero attached hydrogens (tertiary/aromatic N) is 2. The molecule has 7 nitrogen and oxygen atoms in total. The molecule has 3 aromatic rings. The molecule has 0 saturated carbocycles. The number of hydrogen-bond acceptors (Lipinski definition) is 6. The number of ether oxygens (including phenoxy) is 1. The zero-order valence-corrected chi connectivity index (χ0v) is 18.4. The minimum absolute atomic E-state index is 0.210. The van der Waals surface area contributed by atoms with Gasteiger partial charge in [-0.3, -0.25) is 14.9 Å². The van der Waals surface area contributed by atoms with Gasteiger partial charge in [0.1, 0.15) is 11.3 Å². The van der Waals surface area contributed by atoms with Crippen molar-refractivity contribution < 1.29 is 18.7 Å². The van der Waals surface area contributed by atoms with Crippen LogP contribution in [0.5, 0.6) is 5.75 Å². The van der Waals surface area contributed by atoms with Gasteiger partial charge in [-0.05, 0) is 54.9 Å². The number of piperidine rings is 1. The molecule has 3 heterocycles. The predicted octanol–water partition coefficient (Wildman–Crippen LogP) is 3.12. The van der Waals surface area contributed by atoms with Crippen molar-refractivity contribution in [1.29, 1.82) is 0 Å². The number of carbonyl (C=O) groups excluding carboxylic acids is 2. The summed E-state index contributed by atoms with van der Waals surface area (Å²) in [6.07, 6.45) is 3.51. The molecule has 1 aromatic heterocycles. The number of benzene rings is 2. The number of imide groups is 1. The van der Waals surface area contributed by atoms with Crippen molar-refractivity contribution in [2.45, 2.75) is 25.2 Å². The number of rotatable bonds is 6. The van der Waals surface area contributed by atoms with Gasteiger partial charge in [0, 0.05) is 50.1 Å². The first-order valence-corrected chi connectivity index (χ1v) is 11.4. The van der Waals surface area contributed by atoms with Crippen LogP contribution in [0.4, 0.5) is 0 Å². The van der Waals surface area contributed by atoms with Crippen LogP contribution >= 0.6 is 0 Å². The van der Waals surface area contributed by atoms with Crippen molar-refractivity contribution in [3.63, 3.8) is 0 Å². The van der Waals surface area contributed by atoms with Gasteiger partial charge in [-0.2, -0.15) is 0 Å². The zero-order chi connectivity index (χ0) is 22.1. The number of furan rings is 1. The molecular weight excluding hydrogens is 406 g/mol. The van der Waals surface area contributed by atoms with Gasteiger partial charge < -0.3 is 19.0 Å². The highest BCUT2D eigenvalue weighted by Gasteiger charge is 2.31. The summed E-state index contributed by atoms with van der Waals surface area (Å²) < 4.78 is 11.8. The van der Waals surface area contributed by atoms with Crippen LogP contribution in [0.2, 0.25) is 0 Å². The molecule has 2 saturated heterocycles. The summed E-state index contributed by atoms with van der Waals surface area (Å²) in [5.41, 5.74) is 1.59. The minimum atomic E-state index is -0.370. The van der Waals surface area contributed by atoms with Crippen molar-refractivity contribution in [3.05, 3.63) is 42.2 Å². The second-order valence-corrected chi connectivity index (χ2v) is 8.86. The van der Waals surface area contributed by atoms with Gasteiger partial charge in [0.05, 0.1) is 18.8 Å². The fourth-order valence-electron chi connectivity index (χ4n) is 4.76. The summed E-state index contributed by atoms with van der Waals surface area (Å²) >= 11 is 0. The number of nitrogens with one attached hydrogen (secondary N) is 1. The number of carbonyl (C=O) groups is 2. The van der Waals surface area contributed by atoms with Gasteiger partial charge in [0.2, 0.25) is 11.8 Å². The molecule has 2 aliphatic heterocycles. The second-order valence-electron chi connectivity index (χ2n) is 8.86. The van der Waals surface area contributed by atoms with Crippen LogP contribution in [-0.4, -0.2) is 68.0 Å². The summed E-state index contributed by atoms with van der Waals surface area (Å²) in [7, 11) is 2.17. The van der Waals surface area contributed by atoms with Gasteiger partial charge >= 0.3 is 0 Å². The zero-order valence-electron chi connectivity index (χ0n) is 18.4. The summed E-state index contributed by atoms with van der Waals surface area (Å²) in [6, 6.07) is 10.0. The van der Waals surface area contributed by atoms with E-state index < -0.39 is 0 Å². The van der Waals surface area contributed by atoms with E-state index >= 15 is 0 Å². The lowest BCUT2D eigenvalue weighted by Gasteiger charge is -2.32. The lowest BCUT2D eigenvalue weighted by molar-refractivity contribution is -0.134. The van der Waals surface area contributed by atoms with Crippen molar-refractivity contribution >= 4 is 33.6 Å². The van der Waals surface area contributed by atoms with Crippen molar-refractivity contribution in [1.82, 2.24) is 15.1 Å². The maximum atomic E-state index is 12.4. The number of hydrogen-bond donors (Lipinski definition) is 1. The third-order valence-electron chi connectivity index (χ3n) is 6.65. The number of likely N-dealkylation sites (N-methyl/N-ethyl adjacent to an activating group) is 1. The maximum absolute atomic E-state index is 12.4. The van der Waals surface area contributed by atoms with Gasteiger partial charge in [0.15, 0.2) is 0 Å². The van der Waals surface area contributed by atoms with Crippen LogP contribution < -0.4 is 10.1 Å². The molecular formula is C25H29N3O4. The van der Waals surface area contributed by atoms with Crippen LogP contribution in [0, 0.1) is 0 Å². The Bertz CT molecular complexity index is 1150. The van der Waals surface area contributed by atoms with E-state index in [1.165, 1.54) is 0 Å². The first-order chi connectivity index (χ1) is 15.6. The molecule has 0 bridgehead atoms. The number of amides is 2. The normalized spacial score (nSPS) is 20.7. The number of fused-ring (bicyclic) bond motifs is 3. The number of piperazine rings is 1. The molecule has 1 atom stereocenters. The van der Waals surface area contributed by atoms with Crippen LogP contribution in [-0.2, 0) is 9.59 Å². The lowest BCUT2D eigenvalue weighted by atomic mass is 9.89. The lowest BCUT2D eigenvalue weighted by Crippen LogP contribution is -2.44. The largest absolute Gasteiger partial charge is 0.494 e. The Labute approximate surface area is 187 Å². The Hall–Kier alpha value is -2.90. The quantitative estimate of drug-likeness (QED) is 0.474. The van der Waals surface area contributed by atoms with Crippen LogP contribution in [0.15, 0.2) is 41.0 Å². The average molecular weight is 436 g/mol. The summed E-state index contributed by atoms with van der Waals surface area (Å²) in [4.78, 5) is 28.8. The summed E-state index contributed by atoms with van der Waals surface area (Å²) in [5, 5.41) is 5.47. The monoisotopic (exact) mass is 435 g/mol. The SMILES string of the molecule is CN1CCN(CCCOc2ccc3c(ccc4occ([C@@H]5CCC(=O)NC5=O)c43)c2)CC1. The van der Waals surface area contributed by atoms with E-state index in [4.69, 9.17) is 9.15 Å². The molecule has 2 fully saturated rings. The molecule has 168 valence electrons. The summed E-state index contributed by atoms with van der Waals surface area (Å²) in [5.74, 6) is 0.0194. The van der Waals surface area contributed by atoms with E-state index in [9.17, 15) is 9.59 Å². The molecule has 1 N–H and O–H groups in total. The van der Waals surface area contributed by atoms with Crippen molar-refractivity contribution in [2.24, 2.45) is 0 Å². The highest BCUT2D eigenvalue weighted by molar-refractivity contribution is 6.10. The molecule has 0 radical (unpaired) electrons. The molecule has 0 unspecified atom stereocenters. The Morgan fingerprint density at radius 2 is 1.97 bits per heavy atom. The Morgan fingerprint density at radius 3 is 2.78 bits per heavy atom. The highest BCUT2D eigenvalue weighted by Crippen LogP contribution is 2.37. The Balaban J connectivity index is 1.30. The predicted molar refractivity (Wildman–Crippen MR) is 123 cm³/mol. The molecule has 5 rings (SSSR count).